The molecule has 2 N–H and O–H groups in total. The van der Waals surface area contributed by atoms with Crippen LogP contribution in [0.2, 0.25) is 0 Å². The molecule has 5 rings (SSSR count). The maximum absolute atomic E-state index is 11.5. The van der Waals surface area contributed by atoms with Gasteiger partial charge in [-0.25, -0.2) is 4.98 Å². The molecule has 0 aliphatic carbocycles. The molecule has 0 saturated heterocycles. The molecule has 4 aromatic heterocycles. The van der Waals surface area contributed by atoms with Crippen molar-refractivity contribution in [2.45, 2.75) is 18.6 Å². The average Bonchev–Trinajstić information content (AvgIpc) is 3.58. The summed E-state index contributed by atoms with van der Waals surface area (Å²) in [5.41, 5.74) is 9.80. The molecule has 8 nitrogen and oxygen atoms in total. The van der Waals surface area contributed by atoms with Gasteiger partial charge >= 0.3 is 0 Å². The summed E-state index contributed by atoms with van der Waals surface area (Å²) in [6, 6.07) is 15.4. The van der Waals surface area contributed by atoms with E-state index in [-0.39, 0.29) is 11.5 Å². The van der Waals surface area contributed by atoms with Gasteiger partial charge in [0, 0.05) is 17.7 Å². The molecule has 0 bridgehead atoms. The van der Waals surface area contributed by atoms with Gasteiger partial charge < -0.3 is 14.6 Å². The van der Waals surface area contributed by atoms with E-state index in [9.17, 15) is 4.79 Å². The molecule has 1 aromatic carbocycles. The van der Waals surface area contributed by atoms with Crippen LogP contribution in [0.25, 0.3) is 45.3 Å². The number of pyridine rings is 1. The van der Waals surface area contributed by atoms with E-state index in [1.54, 1.807) is 12.3 Å². The molecule has 0 spiro atoms. The molecule has 0 amide bonds. The van der Waals surface area contributed by atoms with Gasteiger partial charge in [-0.2, -0.15) is 0 Å². The van der Waals surface area contributed by atoms with E-state index >= 15 is 0 Å². The second-order valence-corrected chi connectivity index (χ2v) is 8.56. The predicted molar refractivity (Wildman–Crippen MR) is 132 cm³/mol. The van der Waals surface area contributed by atoms with E-state index in [1.165, 1.54) is 18.7 Å². The van der Waals surface area contributed by atoms with E-state index in [1.807, 2.05) is 53.1 Å². The maximum Gasteiger partial charge on any atom is 0.230 e. The molecule has 34 heavy (non-hydrogen) atoms. The van der Waals surface area contributed by atoms with E-state index in [4.69, 9.17) is 19.6 Å². The van der Waals surface area contributed by atoms with Gasteiger partial charge in [-0.3, -0.25) is 9.36 Å². The first-order valence-corrected chi connectivity index (χ1v) is 11.5. The summed E-state index contributed by atoms with van der Waals surface area (Å²) in [6.07, 6.45) is 3.34. The van der Waals surface area contributed by atoms with Gasteiger partial charge in [0.25, 0.3) is 0 Å². The fraction of sp³-hybridized carbons (Fsp3) is 0.120. The van der Waals surface area contributed by atoms with Crippen molar-refractivity contribution in [1.29, 1.82) is 0 Å². The molecule has 5 aromatic rings. The number of hydrogen-bond donors (Lipinski definition) is 1. The number of nitrogens with zero attached hydrogens (tertiary/aromatic N) is 4. The van der Waals surface area contributed by atoms with Gasteiger partial charge in [0.05, 0.1) is 28.8 Å². The Morgan fingerprint density at radius 1 is 1.21 bits per heavy atom. The summed E-state index contributed by atoms with van der Waals surface area (Å²) in [7, 11) is 0. The van der Waals surface area contributed by atoms with Crippen molar-refractivity contribution in [3.05, 3.63) is 67.4 Å². The zero-order valence-electron chi connectivity index (χ0n) is 18.4. The zero-order chi connectivity index (χ0) is 23.7. The summed E-state index contributed by atoms with van der Waals surface area (Å²) >= 11 is 1.30. The lowest BCUT2D eigenvalue weighted by atomic mass is 10.0. The van der Waals surface area contributed by atoms with E-state index in [0.717, 1.165) is 16.8 Å². The molecule has 9 heteroatoms. The molecule has 0 fully saturated rings. The number of ketones is 1. The van der Waals surface area contributed by atoms with Crippen LogP contribution in [0, 0.1) is 0 Å². The fourth-order valence-corrected chi connectivity index (χ4v) is 4.44. The standard InChI is InChI=1S/C25H21N5O3S/c1-3-11-30-23(28-29-25(30)34-14-15(2)31)22-21(26)20-17(19-10-7-12-32-19)13-18(27-24(20)33-22)16-8-5-4-6-9-16/h3-10,12-13H,1,11,14,26H2,2H3. The summed E-state index contributed by atoms with van der Waals surface area (Å²) in [4.78, 5) is 16.2. The molecule has 0 aliphatic heterocycles. The van der Waals surface area contributed by atoms with Crippen LogP contribution in [0.5, 0.6) is 0 Å². The summed E-state index contributed by atoms with van der Waals surface area (Å²) < 4.78 is 13.7. The number of Topliss-reactive ketones (excluding diaryl/α,β-unsaturated/α-hetero) is 1. The van der Waals surface area contributed by atoms with Crippen molar-refractivity contribution in [1.82, 2.24) is 19.7 Å². The van der Waals surface area contributed by atoms with Crippen LogP contribution >= 0.6 is 11.8 Å². The van der Waals surface area contributed by atoms with Crippen molar-refractivity contribution in [2.24, 2.45) is 0 Å². The van der Waals surface area contributed by atoms with Crippen LogP contribution in [0.15, 0.2) is 81.4 Å². The number of nitrogen functional groups attached to an aromatic ring is 1. The number of allylic oxidation sites excluding steroid dienone is 1. The van der Waals surface area contributed by atoms with Crippen molar-refractivity contribution in [2.75, 3.05) is 11.5 Å². The normalized spacial score (nSPS) is 11.2. The second-order valence-electron chi connectivity index (χ2n) is 7.62. The highest BCUT2D eigenvalue weighted by atomic mass is 32.2. The summed E-state index contributed by atoms with van der Waals surface area (Å²) in [5.74, 6) is 1.77. The molecule has 0 aliphatic rings. The van der Waals surface area contributed by atoms with E-state index in [0.29, 0.717) is 45.8 Å². The van der Waals surface area contributed by atoms with Gasteiger partial charge in [0.2, 0.25) is 11.5 Å². The van der Waals surface area contributed by atoms with Crippen molar-refractivity contribution >= 4 is 34.3 Å². The number of fused-ring (bicyclic) bond motifs is 1. The van der Waals surface area contributed by atoms with Gasteiger partial charge in [-0.05, 0) is 25.1 Å². The highest BCUT2D eigenvalue weighted by Crippen LogP contribution is 2.42. The van der Waals surface area contributed by atoms with Crippen molar-refractivity contribution in [3.8, 4) is 34.2 Å². The first-order chi connectivity index (χ1) is 16.6. The molecule has 170 valence electrons. The maximum atomic E-state index is 11.5. The Bertz CT molecular complexity index is 1490. The van der Waals surface area contributed by atoms with Crippen LogP contribution in [0.3, 0.4) is 0 Å². The Morgan fingerprint density at radius 3 is 2.74 bits per heavy atom. The van der Waals surface area contributed by atoms with Crippen molar-refractivity contribution < 1.29 is 13.6 Å². The van der Waals surface area contributed by atoms with E-state index < -0.39 is 0 Å². The largest absolute Gasteiger partial charge is 0.464 e. The fourth-order valence-electron chi connectivity index (χ4n) is 3.69. The van der Waals surface area contributed by atoms with Crippen LogP contribution in [-0.2, 0) is 11.3 Å². The number of furan rings is 2. The average molecular weight is 472 g/mol. The quantitative estimate of drug-likeness (QED) is 0.234. The number of hydrogen-bond acceptors (Lipinski definition) is 8. The third-order valence-corrected chi connectivity index (χ3v) is 6.30. The lowest BCUT2D eigenvalue weighted by Crippen LogP contribution is -2.03. The number of carbonyl (C=O) groups excluding carboxylic acids is 1. The smallest absolute Gasteiger partial charge is 0.230 e. The molecule has 0 radical (unpaired) electrons. The molecular weight excluding hydrogens is 450 g/mol. The first kappa shape index (κ1) is 21.7. The number of anilines is 1. The highest BCUT2D eigenvalue weighted by Gasteiger charge is 2.25. The van der Waals surface area contributed by atoms with Crippen molar-refractivity contribution in [3.63, 3.8) is 0 Å². The number of nitrogens with two attached hydrogens (primary N) is 1. The minimum Gasteiger partial charge on any atom is -0.464 e. The van der Waals surface area contributed by atoms with Gasteiger partial charge in [0.1, 0.15) is 11.5 Å². The second kappa shape index (κ2) is 9.03. The number of benzene rings is 1. The minimum absolute atomic E-state index is 0.0451. The van der Waals surface area contributed by atoms with Crippen LogP contribution in [0.4, 0.5) is 5.69 Å². The molecule has 0 saturated carbocycles. The molecule has 0 atom stereocenters. The Balaban J connectivity index is 1.72. The van der Waals surface area contributed by atoms with Gasteiger partial charge in [-0.1, -0.05) is 48.2 Å². The first-order valence-electron chi connectivity index (χ1n) is 10.6. The van der Waals surface area contributed by atoms with Crippen LogP contribution in [0.1, 0.15) is 6.92 Å². The lowest BCUT2D eigenvalue weighted by molar-refractivity contribution is -0.114. The number of thioether (sulfide) groups is 1. The SMILES string of the molecule is C=CCn1c(SCC(C)=O)nnc1-c1oc2nc(-c3ccccc3)cc(-c3ccco3)c2c1N. The number of carbonyl (C=O) groups is 1. The topological polar surface area (TPSA) is 113 Å². The lowest BCUT2D eigenvalue weighted by Gasteiger charge is -2.06. The third-order valence-electron chi connectivity index (χ3n) is 5.19. The third kappa shape index (κ3) is 3.90. The Labute approximate surface area is 199 Å². The minimum atomic E-state index is 0.0451. The van der Waals surface area contributed by atoms with E-state index in [2.05, 4.69) is 16.8 Å². The number of aromatic nitrogens is 4. The highest BCUT2D eigenvalue weighted by molar-refractivity contribution is 7.99. The predicted octanol–water partition coefficient (Wildman–Crippen LogP) is 5.46. The number of rotatable bonds is 8. The van der Waals surface area contributed by atoms with Gasteiger partial charge in [0.15, 0.2) is 10.9 Å². The summed E-state index contributed by atoms with van der Waals surface area (Å²) in [6.45, 7) is 5.78. The monoisotopic (exact) mass is 471 g/mol. The molecule has 0 unspecified atom stereocenters. The molecular formula is C25H21N5O3S. The Kier molecular flexibility index (Phi) is 5.77. The Hall–Kier alpha value is -4.11. The zero-order valence-corrected chi connectivity index (χ0v) is 19.2. The van der Waals surface area contributed by atoms with Crippen LogP contribution < -0.4 is 5.73 Å². The van der Waals surface area contributed by atoms with Gasteiger partial charge in [-0.15, -0.1) is 16.8 Å². The molecule has 4 heterocycles. The summed E-state index contributed by atoms with van der Waals surface area (Å²) in [5, 5.41) is 9.79. The Morgan fingerprint density at radius 2 is 2.03 bits per heavy atom. The van der Waals surface area contributed by atoms with Crippen LogP contribution in [-0.4, -0.2) is 31.3 Å².